The van der Waals surface area contributed by atoms with E-state index < -0.39 is 17.2 Å². The van der Waals surface area contributed by atoms with Crippen LogP contribution >= 0.6 is 38.6 Å². The number of aliphatic hydroxyl groups is 2. The van der Waals surface area contributed by atoms with Crippen molar-refractivity contribution in [3.63, 3.8) is 0 Å². The van der Waals surface area contributed by atoms with E-state index in [2.05, 4.69) is 49.7 Å². The Bertz CT molecular complexity index is 2100. The molecule has 15 heteroatoms. The summed E-state index contributed by atoms with van der Waals surface area (Å²) in [6, 6.07) is 3.76. The maximum atomic E-state index is 13.9. The molecule has 4 heterocycles. The van der Waals surface area contributed by atoms with Gasteiger partial charge in [0.05, 0.1) is 55.0 Å². The highest BCUT2D eigenvalue weighted by Gasteiger charge is 2.49. The third kappa shape index (κ3) is 16.4. The van der Waals surface area contributed by atoms with Crippen LogP contribution in [0.15, 0.2) is 16.6 Å². The highest BCUT2D eigenvalue weighted by atomic mass is 79.9. The first-order chi connectivity index (χ1) is 31.6. The second kappa shape index (κ2) is 25.5. The Morgan fingerprint density at radius 1 is 0.761 bits per heavy atom. The molecule has 4 atom stereocenters. The smallest absolute Gasteiger partial charge is 0.350 e. The Labute approximate surface area is 416 Å². The van der Waals surface area contributed by atoms with E-state index in [1.165, 1.54) is 75.4 Å². The molecule has 2 aromatic heterocycles. The number of halogens is 1. The summed E-state index contributed by atoms with van der Waals surface area (Å²) in [5.74, 6) is 12.5. The molecule has 2 amide bonds. The molecule has 4 aliphatic rings. The van der Waals surface area contributed by atoms with Crippen LogP contribution < -0.4 is 10.2 Å². The number of anilines is 1. The maximum Gasteiger partial charge on any atom is 0.350 e. The van der Waals surface area contributed by atoms with Crippen LogP contribution in [0.4, 0.5) is 5.69 Å². The first-order valence-electron chi connectivity index (χ1n) is 23.9. The number of hydrogen-bond donors (Lipinski definition) is 3. The number of esters is 2. The van der Waals surface area contributed by atoms with Crippen molar-refractivity contribution in [3.05, 3.63) is 36.1 Å². The highest BCUT2D eigenvalue weighted by molar-refractivity contribution is 9.10. The Hall–Kier alpha value is -3.28. The summed E-state index contributed by atoms with van der Waals surface area (Å²) in [6.07, 6.45) is 14.0. The van der Waals surface area contributed by atoms with Crippen LogP contribution in [0.3, 0.4) is 0 Å². The van der Waals surface area contributed by atoms with Gasteiger partial charge in [0, 0.05) is 28.5 Å². The first-order valence-corrected chi connectivity index (χ1v) is 26.3. The number of rotatable bonds is 11. The second-order valence-corrected chi connectivity index (χ2v) is 23.4. The lowest BCUT2D eigenvalue weighted by Crippen LogP contribution is -2.62. The fourth-order valence-corrected chi connectivity index (χ4v) is 11.2. The molecule has 0 bridgehead atoms. The molecule has 6 rings (SSSR count). The molecule has 0 radical (unpaired) electrons. The molecule has 372 valence electrons. The van der Waals surface area contributed by atoms with Gasteiger partial charge in [-0.1, -0.05) is 62.2 Å². The number of amides is 2. The van der Waals surface area contributed by atoms with Crippen molar-refractivity contribution in [2.75, 3.05) is 45.5 Å². The predicted octanol–water partition coefficient (Wildman–Crippen LogP) is 10.1. The Kier molecular flexibility index (Phi) is 21.5. The Morgan fingerprint density at radius 2 is 1.24 bits per heavy atom. The monoisotopic (exact) mass is 1030 g/mol. The SMILES string of the molecule is COC(=O)c1sc(C#CC(C)(C)C)cc1Br.COC(=O)c1sc(C#CC(C)(C)C)cc1N1C(=O)[C@@](C)(CCCO)OC[C@H]1C1CCCCC1.C[C@]1(CCCO)OCC(C2CCCCC2)NC1=O. The minimum atomic E-state index is -1.04. The molecule has 67 heavy (non-hydrogen) atoms. The van der Waals surface area contributed by atoms with Gasteiger partial charge in [0.15, 0.2) is 0 Å². The van der Waals surface area contributed by atoms with Crippen molar-refractivity contribution >= 4 is 68.0 Å². The number of ether oxygens (including phenoxy) is 4. The van der Waals surface area contributed by atoms with Crippen LogP contribution in [0, 0.1) is 46.3 Å². The molecule has 2 aromatic rings. The number of thiophene rings is 2. The zero-order chi connectivity index (χ0) is 49.6. The van der Waals surface area contributed by atoms with Crippen molar-refractivity contribution < 1.29 is 48.3 Å². The van der Waals surface area contributed by atoms with Crippen molar-refractivity contribution in [1.29, 1.82) is 0 Å². The Balaban J connectivity index is 0.000000242. The van der Waals surface area contributed by atoms with E-state index in [0.717, 1.165) is 39.9 Å². The molecule has 2 aliphatic carbocycles. The minimum absolute atomic E-state index is 0.00206. The molecule has 0 aromatic carbocycles. The van der Waals surface area contributed by atoms with E-state index in [1.54, 1.807) is 6.92 Å². The molecular weight excluding hydrogens is 957 g/mol. The minimum Gasteiger partial charge on any atom is -0.465 e. The number of morpholine rings is 2. The van der Waals surface area contributed by atoms with Gasteiger partial charge in [-0.05, 0) is 147 Å². The van der Waals surface area contributed by atoms with Crippen molar-refractivity contribution in [1.82, 2.24) is 5.32 Å². The van der Waals surface area contributed by atoms with Crippen molar-refractivity contribution in [2.45, 2.75) is 169 Å². The molecule has 4 fully saturated rings. The Morgan fingerprint density at radius 3 is 1.75 bits per heavy atom. The van der Waals surface area contributed by atoms with Crippen LogP contribution in [0.25, 0.3) is 0 Å². The third-order valence-corrected chi connectivity index (χ3v) is 15.5. The molecule has 2 saturated heterocycles. The molecule has 12 nitrogen and oxygen atoms in total. The van der Waals surface area contributed by atoms with Crippen LogP contribution in [-0.4, -0.2) is 97.9 Å². The number of nitrogens with zero attached hydrogens (tertiary/aromatic N) is 1. The topological polar surface area (TPSA) is 161 Å². The van der Waals surface area contributed by atoms with E-state index in [9.17, 15) is 24.3 Å². The molecule has 2 saturated carbocycles. The third-order valence-electron chi connectivity index (χ3n) is 12.5. The van der Waals surface area contributed by atoms with E-state index >= 15 is 0 Å². The zero-order valence-corrected chi connectivity index (χ0v) is 44.7. The summed E-state index contributed by atoms with van der Waals surface area (Å²) in [5.41, 5.74) is -1.43. The molecular formula is C52H75BrN2O10S2. The lowest BCUT2D eigenvalue weighted by Gasteiger charge is -2.47. The highest BCUT2D eigenvalue weighted by Crippen LogP contribution is 2.42. The maximum absolute atomic E-state index is 13.9. The summed E-state index contributed by atoms with van der Waals surface area (Å²) >= 11 is 5.93. The van der Waals surface area contributed by atoms with Gasteiger partial charge < -0.3 is 39.4 Å². The molecule has 0 spiro atoms. The quantitative estimate of drug-likeness (QED) is 0.146. The van der Waals surface area contributed by atoms with Crippen molar-refractivity contribution in [3.8, 4) is 23.7 Å². The van der Waals surface area contributed by atoms with Gasteiger partial charge in [-0.25, -0.2) is 9.59 Å². The summed E-state index contributed by atoms with van der Waals surface area (Å²) in [4.78, 5) is 54.6. The number of methoxy groups -OCH3 is 2. The average Bonchev–Trinajstić information content (AvgIpc) is 3.91. The largest absolute Gasteiger partial charge is 0.465 e. The van der Waals surface area contributed by atoms with Gasteiger partial charge in [-0.15, -0.1) is 22.7 Å². The van der Waals surface area contributed by atoms with Gasteiger partial charge in [-0.3, -0.25) is 9.59 Å². The predicted molar refractivity (Wildman–Crippen MR) is 269 cm³/mol. The normalized spacial score (nSPS) is 23.7. The summed E-state index contributed by atoms with van der Waals surface area (Å²) in [7, 11) is 2.73. The fourth-order valence-electron chi connectivity index (χ4n) is 8.68. The number of hydrogen-bond acceptors (Lipinski definition) is 12. The number of aliphatic hydroxyl groups excluding tert-OH is 2. The lowest BCUT2D eigenvalue weighted by molar-refractivity contribution is -0.160. The van der Waals surface area contributed by atoms with E-state index in [0.29, 0.717) is 66.2 Å². The molecule has 3 N–H and O–H groups in total. The number of carbonyl (C=O) groups is 4. The number of nitrogens with one attached hydrogen (secondary N) is 1. The fraction of sp³-hybridized carbons (Fsp3) is 0.692. The van der Waals surface area contributed by atoms with E-state index in [4.69, 9.17) is 19.3 Å². The van der Waals surface area contributed by atoms with E-state index in [-0.39, 0.29) is 53.9 Å². The zero-order valence-electron chi connectivity index (χ0n) is 41.5. The van der Waals surface area contributed by atoms with Crippen LogP contribution in [0.5, 0.6) is 0 Å². The molecule has 1 unspecified atom stereocenters. The summed E-state index contributed by atoms with van der Waals surface area (Å²) < 4.78 is 22.5. The van der Waals surface area contributed by atoms with Crippen LogP contribution in [0.2, 0.25) is 0 Å². The van der Waals surface area contributed by atoms with Crippen LogP contribution in [0.1, 0.15) is 174 Å². The van der Waals surface area contributed by atoms with Crippen molar-refractivity contribution in [2.24, 2.45) is 22.7 Å². The summed E-state index contributed by atoms with van der Waals surface area (Å²) in [6.45, 7) is 17.0. The van der Waals surface area contributed by atoms with Gasteiger partial charge in [0.2, 0.25) is 0 Å². The van der Waals surface area contributed by atoms with E-state index in [1.807, 2.05) is 65.5 Å². The number of carbonyl (C=O) groups excluding carboxylic acids is 4. The average molecular weight is 1030 g/mol. The van der Waals surface area contributed by atoms with Gasteiger partial charge in [0.1, 0.15) is 21.0 Å². The van der Waals surface area contributed by atoms with Gasteiger partial charge in [0.25, 0.3) is 11.8 Å². The van der Waals surface area contributed by atoms with Gasteiger partial charge in [-0.2, -0.15) is 0 Å². The van der Waals surface area contributed by atoms with Crippen LogP contribution in [-0.2, 0) is 28.5 Å². The lowest BCUT2D eigenvalue weighted by atomic mass is 9.81. The standard InChI is InChI=1S/C26H37NO5S.C14H25NO3.C12H13BrO2S/c1-25(2,3)14-12-19-16-20(22(33-19)23(29)31-5)27-21(18-10-7-6-8-11-18)17-32-26(4,24(27)30)13-9-15-28;1-14(8-5-9-16)13(17)15-12(10-18-14)11-6-3-2-4-7-11;1-12(2,3)6-5-8-7-9(13)10(16-8)11(14)15-4/h16,18,21,28H,6-11,13,15,17H2,1-5H3;11-12,16H,2-10H2,1H3,(H,15,17);7H,1-4H3/t21-,26+;12?,14-;/m01./s1. The van der Waals surface area contributed by atoms with Gasteiger partial charge >= 0.3 is 11.9 Å². The summed E-state index contributed by atoms with van der Waals surface area (Å²) in [5, 5.41) is 21.4. The first kappa shape index (κ1) is 56.3. The molecule has 2 aliphatic heterocycles. The second-order valence-electron chi connectivity index (χ2n) is 20.5.